The number of benzene rings is 1. The Morgan fingerprint density at radius 3 is 3.25 bits per heavy atom. The van der Waals surface area contributed by atoms with Gasteiger partial charge < -0.3 is 5.32 Å². The molecule has 1 aliphatic rings. The van der Waals surface area contributed by atoms with Gasteiger partial charge in [-0.2, -0.15) is 10.2 Å². The molecule has 5 nitrogen and oxygen atoms in total. The van der Waals surface area contributed by atoms with Crippen LogP contribution in [0.15, 0.2) is 30.6 Å². The van der Waals surface area contributed by atoms with E-state index in [-0.39, 0.29) is 0 Å². The summed E-state index contributed by atoms with van der Waals surface area (Å²) in [5.74, 6) is 0. The number of hydrogen-bond acceptors (Lipinski definition) is 3. The third-order valence-electron chi connectivity index (χ3n) is 4.18. The molecule has 2 N–H and O–H groups in total. The molecule has 0 amide bonds. The van der Waals surface area contributed by atoms with Crippen molar-refractivity contribution in [1.82, 2.24) is 20.0 Å². The number of aryl methyl sites for hydroxylation is 1. The second-order valence-electron chi connectivity index (χ2n) is 5.40. The van der Waals surface area contributed by atoms with Gasteiger partial charge in [0.1, 0.15) is 0 Å². The first-order valence-corrected chi connectivity index (χ1v) is 7.02. The van der Waals surface area contributed by atoms with Crippen LogP contribution in [0, 0.1) is 0 Å². The molecule has 4 rings (SSSR count). The van der Waals surface area contributed by atoms with E-state index in [1.807, 2.05) is 24.1 Å². The Bertz CT molecular complexity index is 755. The molecule has 5 heteroatoms. The lowest BCUT2D eigenvalue weighted by atomic mass is 9.92. The van der Waals surface area contributed by atoms with Crippen molar-refractivity contribution < 1.29 is 0 Å². The molecular weight excluding hydrogens is 250 g/mol. The molecule has 0 fully saturated rings. The van der Waals surface area contributed by atoms with E-state index in [1.165, 1.54) is 17.7 Å². The predicted molar refractivity (Wildman–Crippen MR) is 78.6 cm³/mol. The molecule has 0 spiro atoms. The number of H-pyrrole nitrogens is 1. The molecule has 0 bridgehead atoms. The molecular formula is C15H17N5. The topological polar surface area (TPSA) is 58.5 Å². The van der Waals surface area contributed by atoms with Crippen LogP contribution in [-0.4, -0.2) is 20.0 Å². The fourth-order valence-corrected chi connectivity index (χ4v) is 3.13. The van der Waals surface area contributed by atoms with Crippen LogP contribution < -0.4 is 5.32 Å². The minimum atomic E-state index is 0.335. The molecule has 1 aliphatic carbocycles. The monoisotopic (exact) mass is 267 g/mol. The van der Waals surface area contributed by atoms with Crippen LogP contribution in [-0.2, 0) is 13.5 Å². The summed E-state index contributed by atoms with van der Waals surface area (Å²) in [6.45, 7) is 0. The quantitative estimate of drug-likeness (QED) is 0.750. The molecule has 102 valence electrons. The molecule has 20 heavy (non-hydrogen) atoms. The van der Waals surface area contributed by atoms with Crippen molar-refractivity contribution in [2.45, 2.75) is 25.3 Å². The fourth-order valence-electron chi connectivity index (χ4n) is 3.13. The van der Waals surface area contributed by atoms with E-state index in [0.29, 0.717) is 6.04 Å². The van der Waals surface area contributed by atoms with E-state index in [0.717, 1.165) is 29.4 Å². The summed E-state index contributed by atoms with van der Waals surface area (Å²) in [5.41, 5.74) is 4.87. The molecule has 0 radical (unpaired) electrons. The highest BCUT2D eigenvalue weighted by Crippen LogP contribution is 2.33. The van der Waals surface area contributed by atoms with Gasteiger partial charge in [0.2, 0.25) is 0 Å². The summed E-state index contributed by atoms with van der Waals surface area (Å²) < 4.78 is 2.00. The molecule has 2 heterocycles. The number of rotatable bonds is 2. The number of fused-ring (bicyclic) bond motifs is 2. The largest absolute Gasteiger partial charge is 0.376 e. The van der Waals surface area contributed by atoms with E-state index in [1.54, 1.807) is 0 Å². The van der Waals surface area contributed by atoms with E-state index in [9.17, 15) is 0 Å². The zero-order valence-electron chi connectivity index (χ0n) is 11.4. The van der Waals surface area contributed by atoms with Crippen molar-refractivity contribution in [3.8, 4) is 0 Å². The molecule has 1 unspecified atom stereocenters. The van der Waals surface area contributed by atoms with E-state index >= 15 is 0 Å². The van der Waals surface area contributed by atoms with Gasteiger partial charge in [-0.15, -0.1) is 0 Å². The summed E-state index contributed by atoms with van der Waals surface area (Å²) in [7, 11) is 2.02. The predicted octanol–water partition coefficient (Wildman–Crippen LogP) is 2.79. The maximum Gasteiger partial charge on any atom is 0.0881 e. The summed E-state index contributed by atoms with van der Waals surface area (Å²) in [5, 5.41) is 16.4. The van der Waals surface area contributed by atoms with E-state index < -0.39 is 0 Å². The highest BCUT2D eigenvalue weighted by molar-refractivity contribution is 5.90. The minimum absolute atomic E-state index is 0.335. The van der Waals surface area contributed by atoms with Crippen molar-refractivity contribution in [1.29, 1.82) is 0 Å². The zero-order valence-corrected chi connectivity index (χ0v) is 11.4. The second-order valence-corrected chi connectivity index (χ2v) is 5.40. The average Bonchev–Trinajstić information content (AvgIpc) is 3.08. The average molecular weight is 267 g/mol. The lowest BCUT2D eigenvalue weighted by Crippen LogP contribution is -2.17. The lowest BCUT2D eigenvalue weighted by Gasteiger charge is -2.25. The van der Waals surface area contributed by atoms with Crippen molar-refractivity contribution in [3.05, 3.63) is 41.9 Å². The molecule has 1 atom stereocenters. The number of hydrogen-bond donors (Lipinski definition) is 2. The van der Waals surface area contributed by atoms with Crippen molar-refractivity contribution in [2.24, 2.45) is 7.05 Å². The van der Waals surface area contributed by atoms with Gasteiger partial charge in [-0.3, -0.25) is 9.78 Å². The molecule has 1 aromatic carbocycles. The fraction of sp³-hybridized carbons (Fsp3) is 0.333. The van der Waals surface area contributed by atoms with Gasteiger partial charge in [0, 0.05) is 23.7 Å². The SMILES string of the molecule is Cn1ncc2c1CCCC2Nc1cccc2cn[nH]c12. The van der Waals surface area contributed by atoms with Crippen LogP contribution in [0.3, 0.4) is 0 Å². The molecule has 0 aliphatic heterocycles. The zero-order chi connectivity index (χ0) is 13.5. The van der Waals surface area contributed by atoms with Gasteiger partial charge in [-0.05, 0) is 25.3 Å². The Labute approximate surface area is 117 Å². The van der Waals surface area contributed by atoms with Crippen LogP contribution in [0.5, 0.6) is 0 Å². The smallest absolute Gasteiger partial charge is 0.0881 e. The highest BCUT2D eigenvalue weighted by atomic mass is 15.3. The van der Waals surface area contributed by atoms with Crippen LogP contribution >= 0.6 is 0 Å². The highest BCUT2D eigenvalue weighted by Gasteiger charge is 2.23. The number of para-hydroxylation sites is 1. The van der Waals surface area contributed by atoms with Crippen LogP contribution in [0.1, 0.15) is 30.1 Å². The molecule has 0 saturated heterocycles. The van der Waals surface area contributed by atoms with Gasteiger partial charge in [-0.1, -0.05) is 12.1 Å². The van der Waals surface area contributed by atoms with E-state index in [2.05, 4.69) is 38.8 Å². The summed E-state index contributed by atoms with van der Waals surface area (Å²) in [6.07, 6.45) is 7.32. The maximum absolute atomic E-state index is 4.40. The number of aromatic nitrogens is 4. The summed E-state index contributed by atoms with van der Waals surface area (Å²) in [6, 6.07) is 6.57. The summed E-state index contributed by atoms with van der Waals surface area (Å²) in [4.78, 5) is 0. The van der Waals surface area contributed by atoms with E-state index in [4.69, 9.17) is 0 Å². The van der Waals surface area contributed by atoms with Gasteiger partial charge in [0.15, 0.2) is 0 Å². The Hall–Kier alpha value is -2.30. The number of aromatic amines is 1. The van der Waals surface area contributed by atoms with Crippen molar-refractivity contribution in [3.63, 3.8) is 0 Å². The van der Waals surface area contributed by atoms with Gasteiger partial charge >= 0.3 is 0 Å². The number of nitrogens with zero attached hydrogens (tertiary/aromatic N) is 3. The number of nitrogens with one attached hydrogen (secondary N) is 2. The Balaban J connectivity index is 1.72. The first kappa shape index (κ1) is 11.5. The Kier molecular flexibility index (Phi) is 2.52. The van der Waals surface area contributed by atoms with Crippen LogP contribution in [0.25, 0.3) is 10.9 Å². The standard InChI is InChI=1S/C15H17N5/c1-20-14-7-3-5-12(11(14)9-17-20)18-13-6-2-4-10-8-16-19-15(10)13/h2,4,6,8-9,12,18H,3,5,7H2,1H3,(H,16,19). The second kappa shape index (κ2) is 4.37. The summed E-state index contributed by atoms with van der Waals surface area (Å²) >= 11 is 0. The maximum atomic E-state index is 4.40. The first-order chi connectivity index (χ1) is 9.83. The molecule has 3 aromatic rings. The lowest BCUT2D eigenvalue weighted by molar-refractivity contribution is 0.571. The molecule has 2 aromatic heterocycles. The normalized spacial score (nSPS) is 18.1. The number of anilines is 1. The minimum Gasteiger partial charge on any atom is -0.376 e. The third kappa shape index (κ3) is 1.70. The van der Waals surface area contributed by atoms with Gasteiger partial charge in [0.25, 0.3) is 0 Å². The van der Waals surface area contributed by atoms with Crippen LogP contribution in [0.4, 0.5) is 5.69 Å². The van der Waals surface area contributed by atoms with Gasteiger partial charge in [0.05, 0.1) is 29.6 Å². The van der Waals surface area contributed by atoms with Crippen molar-refractivity contribution in [2.75, 3.05) is 5.32 Å². The molecule has 0 saturated carbocycles. The van der Waals surface area contributed by atoms with Gasteiger partial charge in [-0.25, -0.2) is 0 Å². The Morgan fingerprint density at radius 1 is 1.35 bits per heavy atom. The third-order valence-corrected chi connectivity index (χ3v) is 4.18. The first-order valence-electron chi connectivity index (χ1n) is 7.02. The van der Waals surface area contributed by atoms with Crippen LogP contribution in [0.2, 0.25) is 0 Å². The van der Waals surface area contributed by atoms with Crippen molar-refractivity contribution >= 4 is 16.6 Å². The Morgan fingerprint density at radius 2 is 2.30 bits per heavy atom.